The third kappa shape index (κ3) is 4.28. The highest BCUT2D eigenvalue weighted by atomic mass is 35.5. The van der Waals surface area contributed by atoms with Crippen LogP contribution in [0.5, 0.6) is 11.5 Å². The molecule has 0 amide bonds. The lowest BCUT2D eigenvalue weighted by molar-refractivity contribution is 0.286. The van der Waals surface area contributed by atoms with Crippen molar-refractivity contribution in [3.63, 3.8) is 0 Å². The summed E-state index contributed by atoms with van der Waals surface area (Å²) in [5.41, 5.74) is 3.37. The average Bonchev–Trinajstić information content (AvgIpc) is 3.04. The Morgan fingerprint density at radius 3 is 2.55 bits per heavy atom. The predicted molar refractivity (Wildman–Crippen MR) is 113 cm³/mol. The highest BCUT2D eigenvalue weighted by Crippen LogP contribution is 2.28. The first-order valence-electron chi connectivity index (χ1n) is 8.94. The van der Waals surface area contributed by atoms with Crippen molar-refractivity contribution in [1.82, 2.24) is 19.7 Å². The van der Waals surface area contributed by atoms with Crippen molar-refractivity contribution >= 4 is 34.2 Å². The summed E-state index contributed by atoms with van der Waals surface area (Å²) in [4.78, 5) is 8.27. The van der Waals surface area contributed by atoms with Crippen LogP contribution in [0.25, 0.3) is 11.0 Å². The van der Waals surface area contributed by atoms with E-state index in [9.17, 15) is 0 Å². The van der Waals surface area contributed by atoms with Gasteiger partial charge in [0.05, 0.1) is 5.39 Å². The Morgan fingerprint density at radius 1 is 0.966 bits per heavy atom. The second-order valence-electron chi connectivity index (χ2n) is 6.56. The predicted octanol–water partition coefficient (Wildman–Crippen LogP) is 5.14. The van der Waals surface area contributed by atoms with E-state index in [2.05, 4.69) is 15.1 Å². The number of nitrogens with zero attached hydrogens (tertiary/aromatic N) is 4. The van der Waals surface area contributed by atoms with Crippen molar-refractivity contribution in [3.8, 4) is 11.5 Å². The van der Waals surface area contributed by atoms with Crippen LogP contribution >= 0.6 is 23.2 Å². The van der Waals surface area contributed by atoms with Crippen molar-refractivity contribution in [3.05, 3.63) is 75.8 Å². The Labute approximate surface area is 178 Å². The molecule has 0 N–H and O–H groups in total. The fourth-order valence-corrected chi connectivity index (χ4v) is 3.31. The summed E-state index contributed by atoms with van der Waals surface area (Å²) in [6.07, 6.45) is 1.42. The number of rotatable bonds is 6. The SMILES string of the molecule is Cc1ccc(OCc2ccc(Cl)cc2)cc1OCc1nn(C)c2ncnc(Cl)c12. The monoisotopic (exact) mass is 428 g/mol. The molecule has 2 heterocycles. The molecule has 0 aliphatic rings. The van der Waals surface area contributed by atoms with Gasteiger partial charge in [-0.15, -0.1) is 0 Å². The topological polar surface area (TPSA) is 62.1 Å². The highest BCUT2D eigenvalue weighted by Gasteiger charge is 2.15. The largest absolute Gasteiger partial charge is 0.489 e. The fraction of sp³-hybridized carbons (Fsp3) is 0.190. The second-order valence-corrected chi connectivity index (χ2v) is 7.36. The molecule has 2 aromatic carbocycles. The van der Waals surface area contributed by atoms with Gasteiger partial charge >= 0.3 is 0 Å². The van der Waals surface area contributed by atoms with E-state index in [0.29, 0.717) is 45.0 Å². The van der Waals surface area contributed by atoms with E-state index >= 15 is 0 Å². The van der Waals surface area contributed by atoms with E-state index < -0.39 is 0 Å². The van der Waals surface area contributed by atoms with Gasteiger partial charge in [0.2, 0.25) is 0 Å². The molecule has 4 aromatic rings. The van der Waals surface area contributed by atoms with Crippen molar-refractivity contribution in [2.24, 2.45) is 7.05 Å². The van der Waals surface area contributed by atoms with Crippen LogP contribution in [-0.2, 0) is 20.3 Å². The molecule has 0 bridgehead atoms. The Balaban J connectivity index is 1.49. The number of hydrogen-bond donors (Lipinski definition) is 0. The van der Waals surface area contributed by atoms with Crippen molar-refractivity contribution in [2.45, 2.75) is 20.1 Å². The van der Waals surface area contributed by atoms with Gasteiger partial charge in [0.25, 0.3) is 0 Å². The minimum Gasteiger partial charge on any atom is -0.489 e. The standard InChI is InChI=1S/C21H18Cl2N4O2/c1-13-3-8-16(28-10-14-4-6-15(22)7-5-14)9-18(13)29-11-17-19-20(23)24-12-25-21(19)27(2)26-17/h3-9,12H,10-11H2,1-2H3. The van der Waals surface area contributed by atoms with E-state index in [0.717, 1.165) is 11.1 Å². The van der Waals surface area contributed by atoms with Crippen molar-refractivity contribution in [2.75, 3.05) is 0 Å². The summed E-state index contributed by atoms with van der Waals surface area (Å²) in [6, 6.07) is 13.3. The van der Waals surface area contributed by atoms with Gasteiger partial charge in [0, 0.05) is 18.1 Å². The second kappa shape index (κ2) is 8.27. The number of aryl methyl sites for hydroxylation is 2. The molecule has 0 aliphatic carbocycles. The Bertz CT molecular complexity index is 1160. The van der Waals surface area contributed by atoms with E-state index in [1.54, 1.807) is 4.68 Å². The number of ether oxygens (including phenoxy) is 2. The van der Waals surface area contributed by atoms with Gasteiger partial charge in [-0.2, -0.15) is 5.10 Å². The fourth-order valence-electron chi connectivity index (χ4n) is 2.95. The lowest BCUT2D eigenvalue weighted by Crippen LogP contribution is -2.01. The maximum atomic E-state index is 6.23. The Kier molecular flexibility index (Phi) is 5.56. The molecular formula is C21H18Cl2N4O2. The molecule has 0 fully saturated rings. The van der Waals surface area contributed by atoms with E-state index in [1.165, 1.54) is 6.33 Å². The average molecular weight is 429 g/mol. The zero-order chi connectivity index (χ0) is 20.4. The van der Waals surface area contributed by atoms with Crippen LogP contribution in [-0.4, -0.2) is 19.7 Å². The lowest BCUT2D eigenvalue weighted by Gasteiger charge is -2.12. The van der Waals surface area contributed by atoms with Crippen molar-refractivity contribution < 1.29 is 9.47 Å². The first-order valence-corrected chi connectivity index (χ1v) is 9.69. The molecule has 0 saturated carbocycles. The molecule has 29 heavy (non-hydrogen) atoms. The van der Waals surface area contributed by atoms with Crippen LogP contribution in [0.2, 0.25) is 10.2 Å². The first kappa shape index (κ1) is 19.5. The number of fused-ring (bicyclic) bond motifs is 1. The Morgan fingerprint density at radius 2 is 1.76 bits per heavy atom. The number of aromatic nitrogens is 4. The summed E-state index contributed by atoms with van der Waals surface area (Å²) in [5, 5.41) is 6.22. The van der Waals surface area contributed by atoms with Crippen LogP contribution < -0.4 is 9.47 Å². The molecule has 0 radical (unpaired) electrons. The normalized spacial score (nSPS) is 11.0. The van der Waals surface area contributed by atoms with Gasteiger partial charge in [0.15, 0.2) is 5.65 Å². The van der Waals surface area contributed by atoms with Crippen LogP contribution in [0.3, 0.4) is 0 Å². The molecule has 2 aromatic heterocycles. The molecule has 0 saturated heterocycles. The quantitative estimate of drug-likeness (QED) is 0.398. The van der Waals surface area contributed by atoms with E-state index in [-0.39, 0.29) is 6.61 Å². The summed E-state index contributed by atoms with van der Waals surface area (Å²) in [5.74, 6) is 1.43. The van der Waals surface area contributed by atoms with Gasteiger partial charge in [-0.25, -0.2) is 14.6 Å². The lowest BCUT2D eigenvalue weighted by atomic mass is 10.2. The van der Waals surface area contributed by atoms with Gasteiger partial charge < -0.3 is 9.47 Å². The molecule has 4 rings (SSSR count). The van der Waals surface area contributed by atoms with Crippen LogP contribution in [0.1, 0.15) is 16.8 Å². The van der Waals surface area contributed by atoms with Crippen LogP contribution in [0.15, 0.2) is 48.8 Å². The summed E-state index contributed by atoms with van der Waals surface area (Å²) < 4.78 is 13.6. The summed E-state index contributed by atoms with van der Waals surface area (Å²) in [6.45, 7) is 2.66. The van der Waals surface area contributed by atoms with Gasteiger partial charge in [-0.3, -0.25) is 0 Å². The minimum absolute atomic E-state index is 0.242. The number of benzene rings is 2. The number of hydrogen-bond acceptors (Lipinski definition) is 5. The summed E-state index contributed by atoms with van der Waals surface area (Å²) >= 11 is 12.2. The van der Waals surface area contributed by atoms with E-state index in [1.807, 2.05) is 56.4 Å². The smallest absolute Gasteiger partial charge is 0.162 e. The zero-order valence-electron chi connectivity index (χ0n) is 15.9. The highest BCUT2D eigenvalue weighted by molar-refractivity contribution is 6.34. The Hall–Kier alpha value is -2.83. The molecule has 0 unspecified atom stereocenters. The third-order valence-corrected chi connectivity index (χ3v) is 5.03. The van der Waals surface area contributed by atoms with Gasteiger partial charge in [-0.1, -0.05) is 41.4 Å². The van der Waals surface area contributed by atoms with Crippen LogP contribution in [0.4, 0.5) is 0 Å². The van der Waals surface area contributed by atoms with Crippen LogP contribution in [0, 0.1) is 6.92 Å². The molecule has 0 atom stereocenters. The third-order valence-electron chi connectivity index (χ3n) is 4.49. The molecule has 8 heteroatoms. The molecule has 148 valence electrons. The van der Waals surface area contributed by atoms with Gasteiger partial charge in [-0.05, 0) is 36.2 Å². The van der Waals surface area contributed by atoms with E-state index in [4.69, 9.17) is 32.7 Å². The van der Waals surface area contributed by atoms with Gasteiger partial charge in [0.1, 0.15) is 41.9 Å². The molecular weight excluding hydrogens is 411 g/mol. The molecule has 0 aliphatic heterocycles. The number of halogens is 2. The maximum absolute atomic E-state index is 6.23. The minimum atomic E-state index is 0.242. The zero-order valence-corrected chi connectivity index (χ0v) is 17.4. The maximum Gasteiger partial charge on any atom is 0.162 e. The molecule has 0 spiro atoms. The molecule has 6 nitrogen and oxygen atoms in total. The first-order chi connectivity index (χ1) is 14.0. The summed E-state index contributed by atoms with van der Waals surface area (Å²) in [7, 11) is 1.81. The van der Waals surface area contributed by atoms with Crippen molar-refractivity contribution in [1.29, 1.82) is 0 Å².